The van der Waals surface area contributed by atoms with E-state index in [1.807, 2.05) is 26.0 Å². The molecule has 1 amide bonds. The second-order valence-corrected chi connectivity index (χ2v) is 6.93. The van der Waals surface area contributed by atoms with E-state index >= 15 is 0 Å². The Kier molecular flexibility index (Phi) is 3.77. The van der Waals surface area contributed by atoms with Crippen molar-refractivity contribution < 1.29 is 4.79 Å². The van der Waals surface area contributed by atoms with Crippen LogP contribution in [0.2, 0.25) is 0 Å². The maximum absolute atomic E-state index is 12.5. The van der Waals surface area contributed by atoms with E-state index in [4.69, 9.17) is 0 Å². The highest BCUT2D eigenvalue weighted by Crippen LogP contribution is 2.37. The van der Waals surface area contributed by atoms with E-state index in [-0.39, 0.29) is 11.2 Å². The topological polar surface area (TPSA) is 29.1 Å². The molecule has 3 heteroatoms. The van der Waals surface area contributed by atoms with Crippen molar-refractivity contribution in [2.24, 2.45) is 0 Å². The molecule has 0 saturated carbocycles. The zero-order valence-corrected chi connectivity index (χ0v) is 13.4. The molecule has 0 aromatic heterocycles. The molecule has 21 heavy (non-hydrogen) atoms. The number of amides is 1. The van der Waals surface area contributed by atoms with Gasteiger partial charge in [0.05, 0.1) is 5.25 Å². The summed E-state index contributed by atoms with van der Waals surface area (Å²) in [5.41, 5.74) is 5.72. The Morgan fingerprint density at radius 1 is 1.14 bits per heavy atom. The molecule has 0 spiro atoms. The minimum atomic E-state index is -0.0255. The van der Waals surface area contributed by atoms with Crippen LogP contribution in [0, 0.1) is 20.8 Å². The average Bonchev–Trinajstić information content (AvgIpc) is 2.86. The lowest BCUT2D eigenvalue weighted by Crippen LogP contribution is -2.25. The van der Waals surface area contributed by atoms with Crippen molar-refractivity contribution in [3.63, 3.8) is 0 Å². The van der Waals surface area contributed by atoms with Gasteiger partial charge in [-0.05, 0) is 49.9 Å². The lowest BCUT2D eigenvalue weighted by atomic mass is 10.0. The smallest absolute Gasteiger partial charge is 0.238 e. The predicted molar refractivity (Wildman–Crippen MR) is 89.1 cm³/mol. The van der Waals surface area contributed by atoms with Crippen molar-refractivity contribution in [3.8, 4) is 0 Å². The SMILES string of the molecule is Cc1cc(C)c(NC(=O)C2Cc3ccccc3S2)c(C)c1. The summed E-state index contributed by atoms with van der Waals surface area (Å²) < 4.78 is 0. The van der Waals surface area contributed by atoms with Crippen LogP contribution in [0.15, 0.2) is 41.3 Å². The molecule has 108 valence electrons. The number of carbonyl (C=O) groups is 1. The van der Waals surface area contributed by atoms with Crippen LogP contribution in [0.1, 0.15) is 22.3 Å². The number of benzene rings is 2. The van der Waals surface area contributed by atoms with Gasteiger partial charge in [-0.1, -0.05) is 35.9 Å². The Balaban J connectivity index is 1.77. The number of hydrogen-bond acceptors (Lipinski definition) is 2. The molecule has 1 heterocycles. The van der Waals surface area contributed by atoms with Gasteiger partial charge in [0.1, 0.15) is 0 Å². The van der Waals surface area contributed by atoms with E-state index in [0.29, 0.717) is 0 Å². The second-order valence-electron chi connectivity index (χ2n) is 5.68. The van der Waals surface area contributed by atoms with Crippen LogP contribution in [-0.4, -0.2) is 11.2 Å². The third-order valence-electron chi connectivity index (χ3n) is 3.86. The molecule has 1 aliphatic heterocycles. The van der Waals surface area contributed by atoms with Gasteiger partial charge in [-0.15, -0.1) is 11.8 Å². The molecule has 0 bridgehead atoms. The number of anilines is 1. The summed E-state index contributed by atoms with van der Waals surface area (Å²) in [7, 11) is 0. The Morgan fingerprint density at radius 2 is 1.81 bits per heavy atom. The zero-order chi connectivity index (χ0) is 15.0. The van der Waals surface area contributed by atoms with Gasteiger partial charge in [-0.3, -0.25) is 4.79 Å². The number of rotatable bonds is 2. The predicted octanol–water partition coefficient (Wildman–Crippen LogP) is 4.27. The van der Waals surface area contributed by atoms with Crippen LogP contribution < -0.4 is 5.32 Å². The van der Waals surface area contributed by atoms with Crippen molar-refractivity contribution in [2.45, 2.75) is 37.3 Å². The molecule has 1 atom stereocenters. The minimum absolute atomic E-state index is 0.0255. The zero-order valence-electron chi connectivity index (χ0n) is 12.6. The van der Waals surface area contributed by atoms with Crippen LogP contribution in [0.3, 0.4) is 0 Å². The average molecular weight is 297 g/mol. The van der Waals surface area contributed by atoms with Gasteiger partial charge in [0.25, 0.3) is 0 Å². The highest BCUT2D eigenvalue weighted by molar-refractivity contribution is 8.01. The molecule has 2 aromatic carbocycles. The second kappa shape index (κ2) is 5.57. The first-order chi connectivity index (χ1) is 10.0. The summed E-state index contributed by atoms with van der Waals surface area (Å²) in [5.74, 6) is 0.103. The first kappa shape index (κ1) is 14.2. The van der Waals surface area contributed by atoms with Gasteiger partial charge < -0.3 is 5.32 Å². The highest BCUT2D eigenvalue weighted by atomic mass is 32.2. The molecular formula is C18H19NOS. The molecule has 3 rings (SSSR count). The van der Waals surface area contributed by atoms with E-state index in [2.05, 4.69) is 36.5 Å². The maximum Gasteiger partial charge on any atom is 0.238 e. The Morgan fingerprint density at radius 3 is 2.48 bits per heavy atom. The standard InChI is InChI=1S/C18H19NOS/c1-11-8-12(2)17(13(3)9-11)19-18(20)16-10-14-6-4-5-7-15(14)21-16/h4-9,16H,10H2,1-3H3,(H,19,20). The molecule has 0 fully saturated rings. The fourth-order valence-corrected chi connectivity index (χ4v) is 4.10. The summed E-state index contributed by atoms with van der Waals surface area (Å²) in [6.45, 7) is 6.17. The molecule has 0 saturated heterocycles. The van der Waals surface area contributed by atoms with Crippen LogP contribution >= 0.6 is 11.8 Å². The largest absolute Gasteiger partial charge is 0.325 e. The molecule has 1 N–H and O–H groups in total. The van der Waals surface area contributed by atoms with Crippen molar-refractivity contribution >= 4 is 23.4 Å². The number of aryl methyl sites for hydroxylation is 3. The van der Waals surface area contributed by atoms with Crippen LogP contribution in [0.5, 0.6) is 0 Å². The van der Waals surface area contributed by atoms with Crippen LogP contribution in [0.25, 0.3) is 0 Å². The van der Waals surface area contributed by atoms with Gasteiger partial charge in [-0.2, -0.15) is 0 Å². The molecule has 2 nitrogen and oxygen atoms in total. The third kappa shape index (κ3) is 2.84. The van der Waals surface area contributed by atoms with Gasteiger partial charge in [0.15, 0.2) is 0 Å². The van der Waals surface area contributed by atoms with Gasteiger partial charge in [0.2, 0.25) is 5.91 Å². The third-order valence-corrected chi connectivity index (χ3v) is 5.18. The van der Waals surface area contributed by atoms with Crippen LogP contribution in [-0.2, 0) is 11.2 Å². The number of fused-ring (bicyclic) bond motifs is 1. The summed E-state index contributed by atoms with van der Waals surface area (Å²) in [6, 6.07) is 12.5. The molecular weight excluding hydrogens is 278 g/mol. The number of nitrogens with one attached hydrogen (secondary N) is 1. The summed E-state index contributed by atoms with van der Waals surface area (Å²) >= 11 is 1.67. The molecule has 1 unspecified atom stereocenters. The maximum atomic E-state index is 12.5. The number of carbonyl (C=O) groups excluding carboxylic acids is 1. The van der Waals surface area contributed by atoms with Crippen molar-refractivity contribution in [1.82, 2.24) is 0 Å². The first-order valence-electron chi connectivity index (χ1n) is 7.18. The Hall–Kier alpha value is -1.74. The van der Waals surface area contributed by atoms with E-state index in [1.165, 1.54) is 16.0 Å². The fourth-order valence-electron chi connectivity index (χ4n) is 2.91. The Labute approximate surface area is 130 Å². The normalized spacial score (nSPS) is 16.6. The highest BCUT2D eigenvalue weighted by Gasteiger charge is 2.28. The summed E-state index contributed by atoms with van der Waals surface area (Å²) in [4.78, 5) is 13.8. The first-order valence-corrected chi connectivity index (χ1v) is 8.06. The lowest BCUT2D eigenvalue weighted by molar-refractivity contribution is -0.115. The van der Waals surface area contributed by atoms with E-state index in [9.17, 15) is 4.79 Å². The van der Waals surface area contributed by atoms with E-state index in [0.717, 1.165) is 23.2 Å². The lowest BCUT2D eigenvalue weighted by Gasteiger charge is -2.15. The van der Waals surface area contributed by atoms with Gasteiger partial charge >= 0.3 is 0 Å². The molecule has 0 radical (unpaired) electrons. The van der Waals surface area contributed by atoms with Gasteiger partial charge in [-0.25, -0.2) is 0 Å². The van der Waals surface area contributed by atoms with Crippen molar-refractivity contribution in [3.05, 3.63) is 58.7 Å². The monoisotopic (exact) mass is 297 g/mol. The van der Waals surface area contributed by atoms with Crippen molar-refractivity contribution in [1.29, 1.82) is 0 Å². The summed E-state index contributed by atoms with van der Waals surface area (Å²) in [6.07, 6.45) is 0.816. The van der Waals surface area contributed by atoms with E-state index in [1.54, 1.807) is 11.8 Å². The van der Waals surface area contributed by atoms with Crippen LogP contribution in [0.4, 0.5) is 5.69 Å². The quantitative estimate of drug-likeness (QED) is 0.897. The number of thioether (sulfide) groups is 1. The fraction of sp³-hybridized carbons (Fsp3) is 0.278. The number of hydrogen-bond donors (Lipinski definition) is 1. The summed E-state index contributed by atoms with van der Waals surface area (Å²) in [5, 5.41) is 3.10. The molecule has 2 aromatic rings. The molecule has 0 aliphatic carbocycles. The van der Waals surface area contributed by atoms with Crippen molar-refractivity contribution in [2.75, 3.05) is 5.32 Å². The van der Waals surface area contributed by atoms with Gasteiger partial charge in [0, 0.05) is 10.6 Å². The Bertz CT molecular complexity index is 660. The minimum Gasteiger partial charge on any atom is -0.325 e. The van der Waals surface area contributed by atoms with E-state index < -0.39 is 0 Å². The molecule has 1 aliphatic rings.